The number of piperazine rings is 1. The number of rotatable bonds is 5. The number of pyridine rings is 1. The molecule has 3 aromatic heterocycles. The second-order valence-electron chi connectivity index (χ2n) is 9.12. The number of anilines is 3. The van der Waals surface area contributed by atoms with Crippen molar-refractivity contribution in [2.45, 2.75) is 13.3 Å². The molecule has 0 radical (unpaired) electrons. The summed E-state index contributed by atoms with van der Waals surface area (Å²) < 4.78 is 2.04. The van der Waals surface area contributed by atoms with Gasteiger partial charge in [0.1, 0.15) is 17.7 Å². The van der Waals surface area contributed by atoms with Crippen LogP contribution in [0.2, 0.25) is 0 Å². The van der Waals surface area contributed by atoms with Crippen molar-refractivity contribution in [2.75, 3.05) is 36.4 Å². The molecule has 9 heteroatoms. The molecule has 0 saturated carbocycles. The minimum absolute atomic E-state index is 0. The van der Waals surface area contributed by atoms with Gasteiger partial charge in [0.2, 0.25) is 0 Å². The van der Waals surface area contributed by atoms with Crippen molar-refractivity contribution < 1.29 is 0 Å². The molecule has 8 nitrogen and oxygen atoms in total. The first-order valence-electron chi connectivity index (χ1n) is 12.0. The van der Waals surface area contributed by atoms with Crippen LogP contribution in [0.15, 0.2) is 61.2 Å². The third-order valence-corrected chi connectivity index (χ3v) is 6.70. The summed E-state index contributed by atoms with van der Waals surface area (Å²) in [6.07, 6.45) is 4.31. The van der Waals surface area contributed by atoms with E-state index < -0.39 is 0 Å². The van der Waals surface area contributed by atoms with Gasteiger partial charge in [-0.15, -0.1) is 12.4 Å². The van der Waals surface area contributed by atoms with E-state index in [4.69, 9.17) is 4.98 Å². The number of fused-ring (bicyclic) bond motifs is 2. The van der Waals surface area contributed by atoms with Crippen LogP contribution in [0.25, 0.3) is 22.1 Å². The van der Waals surface area contributed by atoms with E-state index in [2.05, 4.69) is 73.8 Å². The lowest BCUT2D eigenvalue weighted by molar-refractivity contribution is 0.585. The van der Waals surface area contributed by atoms with Gasteiger partial charge in [-0.3, -0.25) is 0 Å². The first-order chi connectivity index (χ1) is 17.1. The monoisotopic (exact) mass is 500 g/mol. The van der Waals surface area contributed by atoms with Crippen LogP contribution in [0, 0.1) is 6.92 Å². The molecule has 4 heterocycles. The Hall–Kier alpha value is -3.75. The maximum atomic E-state index is 4.92. The SMILES string of the molecule is Cc1cc(Nc2ncnc3ccc(N4CCNCC4)nc23)ccc1Cc1ccc2c(c1)ncn2C.Cl. The fourth-order valence-electron chi connectivity index (χ4n) is 4.71. The van der Waals surface area contributed by atoms with Crippen molar-refractivity contribution in [3.63, 3.8) is 0 Å². The molecule has 0 atom stereocenters. The third-order valence-electron chi connectivity index (χ3n) is 6.70. The van der Waals surface area contributed by atoms with Gasteiger partial charge in [-0.1, -0.05) is 12.1 Å². The summed E-state index contributed by atoms with van der Waals surface area (Å²) in [7, 11) is 2.02. The first kappa shape index (κ1) is 24.0. The average Bonchev–Trinajstić information content (AvgIpc) is 3.26. The van der Waals surface area contributed by atoms with E-state index in [0.29, 0.717) is 0 Å². The summed E-state index contributed by atoms with van der Waals surface area (Å²) in [5.74, 6) is 1.69. The molecule has 2 N–H and O–H groups in total. The Labute approximate surface area is 216 Å². The van der Waals surface area contributed by atoms with Gasteiger partial charge in [-0.05, 0) is 66.4 Å². The highest BCUT2D eigenvalue weighted by molar-refractivity contribution is 5.88. The third kappa shape index (κ3) is 4.69. The minimum atomic E-state index is 0. The van der Waals surface area contributed by atoms with Crippen LogP contribution in [0.3, 0.4) is 0 Å². The van der Waals surface area contributed by atoms with Crippen LogP contribution in [0.1, 0.15) is 16.7 Å². The van der Waals surface area contributed by atoms with Gasteiger partial charge < -0.3 is 20.1 Å². The predicted molar refractivity (Wildman–Crippen MR) is 148 cm³/mol. The summed E-state index contributed by atoms with van der Waals surface area (Å²) in [5.41, 5.74) is 8.56. The van der Waals surface area contributed by atoms with E-state index in [0.717, 1.165) is 72.0 Å². The summed E-state index contributed by atoms with van der Waals surface area (Å²) in [5, 5.41) is 6.87. The van der Waals surface area contributed by atoms with Crippen LogP contribution >= 0.6 is 12.4 Å². The number of aryl methyl sites for hydroxylation is 2. The summed E-state index contributed by atoms with van der Waals surface area (Å²) >= 11 is 0. The van der Waals surface area contributed by atoms with Crippen molar-refractivity contribution >= 4 is 51.8 Å². The Kier molecular flexibility index (Phi) is 6.71. The molecule has 0 aliphatic carbocycles. The fourth-order valence-corrected chi connectivity index (χ4v) is 4.71. The zero-order chi connectivity index (χ0) is 23.8. The van der Waals surface area contributed by atoms with E-state index >= 15 is 0 Å². The highest BCUT2D eigenvalue weighted by Gasteiger charge is 2.14. The second-order valence-corrected chi connectivity index (χ2v) is 9.12. The van der Waals surface area contributed by atoms with Crippen molar-refractivity contribution in [3.05, 3.63) is 77.9 Å². The second kappa shape index (κ2) is 10.1. The minimum Gasteiger partial charge on any atom is -0.354 e. The molecule has 5 aromatic rings. The maximum Gasteiger partial charge on any atom is 0.160 e. The standard InChI is InChI=1S/C27H28N8.ClH/c1-18-13-21(5-4-20(18)14-19-3-7-24-23(15-19)31-17-34(24)2)32-27-26-22(29-16-30-27)6-8-25(33-26)35-11-9-28-10-12-35;/h3-8,13,15-17,28H,9-12,14H2,1-2H3,(H,29,30,32);1H. The van der Waals surface area contributed by atoms with Gasteiger partial charge in [0.25, 0.3) is 0 Å². The molecule has 184 valence electrons. The number of nitrogens with one attached hydrogen (secondary N) is 2. The van der Waals surface area contributed by atoms with Crippen LogP contribution in [-0.2, 0) is 13.5 Å². The van der Waals surface area contributed by atoms with E-state index in [1.807, 2.05) is 30.1 Å². The van der Waals surface area contributed by atoms with Crippen LogP contribution in [0.5, 0.6) is 0 Å². The summed E-state index contributed by atoms with van der Waals surface area (Å²) in [6, 6.07) is 17.0. The molecule has 0 unspecified atom stereocenters. The molecule has 0 spiro atoms. The highest BCUT2D eigenvalue weighted by Crippen LogP contribution is 2.26. The van der Waals surface area contributed by atoms with Crippen molar-refractivity contribution in [3.8, 4) is 0 Å². The van der Waals surface area contributed by atoms with Gasteiger partial charge in [0.15, 0.2) is 5.82 Å². The lowest BCUT2D eigenvalue weighted by Crippen LogP contribution is -2.43. The fraction of sp³-hybridized carbons (Fsp3) is 0.259. The maximum absolute atomic E-state index is 4.92. The van der Waals surface area contributed by atoms with Gasteiger partial charge in [-0.2, -0.15) is 0 Å². The predicted octanol–water partition coefficient (Wildman–Crippen LogP) is 4.39. The van der Waals surface area contributed by atoms with Crippen molar-refractivity contribution in [2.24, 2.45) is 7.05 Å². The van der Waals surface area contributed by atoms with Crippen molar-refractivity contribution in [1.29, 1.82) is 0 Å². The molecular formula is C27H29ClN8. The van der Waals surface area contributed by atoms with Gasteiger partial charge in [0, 0.05) is 38.9 Å². The Morgan fingerprint density at radius 3 is 2.64 bits per heavy atom. The number of nitrogens with zero attached hydrogens (tertiary/aromatic N) is 6. The number of hydrogen-bond acceptors (Lipinski definition) is 7. The molecule has 2 aromatic carbocycles. The Bertz CT molecular complexity index is 1520. The number of imidazole rings is 1. The van der Waals surface area contributed by atoms with Gasteiger partial charge in [0.05, 0.1) is 22.9 Å². The number of hydrogen-bond donors (Lipinski definition) is 2. The summed E-state index contributed by atoms with van der Waals surface area (Å²) in [6.45, 7) is 5.99. The van der Waals surface area contributed by atoms with Gasteiger partial charge in [-0.25, -0.2) is 19.9 Å². The smallest absolute Gasteiger partial charge is 0.160 e. The molecule has 1 fully saturated rings. The van der Waals surface area contributed by atoms with E-state index in [9.17, 15) is 0 Å². The van der Waals surface area contributed by atoms with Crippen molar-refractivity contribution in [1.82, 2.24) is 29.8 Å². The zero-order valence-corrected chi connectivity index (χ0v) is 21.2. The topological polar surface area (TPSA) is 83.8 Å². The lowest BCUT2D eigenvalue weighted by Gasteiger charge is -2.28. The Morgan fingerprint density at radius 2 is 1.81 bits per heavy atom. The van der Waals surface area contributed by atoms with E-state index in [1.54, 1.807) is 6.33 Å². The normalized spacial score (nSPS) is 13.7. The first-order valence-corrected chi connectivity index (χ1v) is 12.0. The molecule has 36 heavy (non-hydrogen) atoms. The quantitative estimate of drug-likeness (QED) is 0.370. The molecule has 1 aliphatic heterocycles. The largest absolute Gasteiger partial charge is 0.354 e. The van der Waals surface area contributed by atoms with E-state index in [-0.39, 0.29) is 12.4 Å². The molecule has 0 amide bonds. The number of benzene rings is 2. The molecule has 1 saturated heterocycles. The molecule has 1 aliphatic rings. The highest BCUT2D eigenvalue weighted by atomic mass is 35.5. The Morgan fingerprint density at radius 1 is 0.944 bits per heavy atom. The van der Waals surface area contributed by atoms with E-state index in [1.165, 1.54) is 16.7 Å². The molecular weight excluding hydrogens is 472 g/mol. The van der Waals surface area contributed by atoms with Gasteiger partial charge >= 0.3 is 0 Å². The number of halogens is 1. The average molecular weight is 501 g/mol. The summed E-state index contributed by atoms with van der Waals surface area (Å²) in [4.78, 5) is 20.6. The van der Waals surface area contributed by atoms with Crippen LogP contribution < -0.4 is 15.5 Å². The Balaban J connectivity index is 0.00000267. The van der Waals surface area contributed by atoms with Crippen LogP contribution in [0.4, 0.5) is 17.3 Å². The number of aromatic nitrogens is 5. The molecule has 6 rings (SSSR count). The van der Waals surface area contributed by atoms with Crippen LogP contribution in [-0.4, -0.2) is 50.7 Å². The zero-order valence-electron chi connectivity index (χ0n) is 20.4. The molecule has 0 bridgehead atoms. The lowest BCUT2D eigenvalue weighted by atomic mass is 9.99.